The van der Waals surface area contributed by atoms with Crippen molar-refractivity contribution in [3.63, 3.8) is 0 Å². The Labute approximate surface area is 127 Å². The number of hydrogen-bond acceptors (Lipinski definition) is 3. The van der Waals surface area contributed by atoms with Gasteiger partial charge in [0.15, 0.2) is 0 Å². The van der Waals surface area contributed by atoms with Crippen molar-refractivity contribution >= 4 is 6.03 Å². The van der Waals surface area contributed by atoms with E-state index in [1.807, 2.05) is 4.90 Å². The number of rotatable bonds is 4. The fourth-order valence-electron chi connectivity index (χ4n) is 4.22. The third-order valence-corrected chi connectivity index (χ3v) is 5.44. The van der Waals surface area contributed by atoms with E-state index in [0.717, 1.165) is 44.8 Å². The molecule has 1 aliphatic carbocycles. The van der Waals surface area contributed by atoms with Gasteiger partial charge in [-0.3, -0.25) is 0 Å². The molecule has 21 heavy (non-hydrogen) atoms. The zero-order valence-electron chi connectivity index (χ0n) is 13.0. The van der Waals surface area contributed by atoms with Crippen LogP contribution >= 0.6 is 0 Å². The van der Waals surface area contributed by atoms with E-state index in [2.05, 4.69) is 10.2 Å². The maximum Gasteiger partial charge on any atom is 0.317 e. The molecule has 0 radical (unpaired) electrons. The molecule has 5 heteroatoms. The molecule has 2 atom stereocenters. The minimum Gasteiger partial charge on any atom is -0.394 e. The van der Waals surface area contributed by atoms with E-state index in [-0.39, 0.29) is 18.7 Å². The minimum absolute atomic E-state index is 0.0271. The molecule has 0 spiro atoms. The maximum absolute atomic E-state index is 12.3. The van der Waals surface area contributed by atoms with Crippen LogP contribution in [0.3, 0.4) is 0 Å². The highest BCUT2D eigenvalue weighted by Crippen LogP contribution is 2.26. The molecule has 2 N–H and O–H groups in total. The van der Waals surface area contributed by atoms with Gasteiger partial charge in [0.05, 0.1) is 12.6 Å². The lowest BCUT2D eigenvalue weighted by Crippen LogP contribution is -2.48. The molecule has 2 heterocycles. The van der Waals surface area contributed by atoms with E-state index >= 15 is 0 Å². The van der Waals surface area contributed by atoms with E-state index in [0.29, 0.717) is 6.04 Å². The molecule has 120 valence electrons. The first-order chi connectivity index (χ1) is 10.3. The van der Waals surface area contributed by atoms with E-state index in [9.17, 15) is 9.90 Å². The van der Waals surface area contributed by atoms with Crippen LogP contribution in [0.1, 0.15) is 44.9 Å². The molecular weight excluding hydrogens is 266 g/mol. The smallest absolute Gasteiger partial charge is 0.317 e. The predicted octanol–water partition coefficient (Wildman–Crippen LogP) is 1.42. The summed E-state index contributed by atoms with van der Waals surface area (Å²) < 4.78 is 0. The summed E-state index contributed by atoms with van der Waals surface area (Å²) in [4.78, 5) is 16.6. The Morgan fingerprint density at radius 3 is 2.67 bits per heavy atom. The number of nitrogens with zero attached hydrogens (tertiary/aromatic N) is 2. The molecule has 3 rings (SSSR count). The van der Waals surface area contributed by atoms with Crippen LogP contribution in [0.4, 0.5) is 4.79 Å². The van der Waals surface area contributed by atoms with Gasteiger partial charge < -0.3 is 20.2 Å². The number of aliphatic hydroxyl groups excluding tert-OH is 1. The number of amides is 2. The van der Waals surface area contributed by atoms with Crippen LogP contribution in [0.15, 0.2) is 0 Å². The fraction of sp³-hybridized carbons (Fsp3) is 0.938. The predicted molar refractivity (Wildman–Crippen MR) is 82.1 cm³/mol. The summed E-state index contributed by atoms with van der Waals surface area (Å²) in [6, 6.07) is 0.346. The molecule has 3 aliphatic rings. The first-order valence-electron chi connectivity index (χ1n) is 8.66. The Hall–Kier alpha value is -0.810. The van der Waals surface area contributed by atoms with Gasteiger partial charge in [0, 0.05) is 32.2 Å². The molecule has 0 bridgehead atoms. The second-order valence-corrected chi connectivity index (χ2v) is 7.02. The Balaban J connectivity index is 1.42. The van der Waals surface area contributed by atoms with Gasteiger partial charge in [0.2, 0.25) is 0 Å². The van der Waals surface area contributed by atoms with Crippen molar-refractivity contribution in [2.75, 3.05) is 32.8 Å². The number of urea groups is 1. The average molecular weight is 295 g/mol. The first-order valence-corrected chi connectivity index (χ1v) is 8.66. The number of aliphatic hydroxyl groups is 1. The molecule has 2 aliphatic heterocycles. The van der Waals surface area contributed by atoms with Gasteiger partial charge in [-0.15, -0.1) is 0 Å². The standard InChI is InChI=1S/C16H29N3O2/c20-12-15-6-3-8-19(15)16(21)17-14-7-9-18(11-14)10-13-4-1-2-5-13/h13-15,20H,1-12H2,(H,17,21)/t14?,15-/m1/s1. The lowest BCUT2D eigenvalue weighted by atomic mass is 10.1. The lowest BCUT2D eigenvalue weighted by Gasteiger charge is -2.26. The molecule has 1 unspecified atom stereocenters. The summed E-state index contributed by atoms with van der Waals surface area (Å²) in [5.41, 5.74) is 0. The van der Waals surface area contributed by atoms with Gasteiger partial charge in [-0.1, -0.05) is 12.8 Å². The first kappa shape index (κ1) is 15.1. The number of carbonyl (C=O) groups excluding carboxylic acids is 1. The Morgan fingerprint density at radius 2 is 1.90 bits per heavy atom. The van der Waals surface area contributed by atoms with E-state index in [4.69, 9.17) is 0 Å². The van der Waals surface area contributed by atoms with Crippen molar-refractivity contribution in [1.82, 2.24) is 15.1 Å². The number of nitrogens with one attached hydrogen (secondary N) is 1. The molecule has 1 saturated carbocycles. The van der Waals surface area contributed by atoms with Crippen LogP contribution in [-0.4, -0.2) is 65.8 Å². The summed E-state index contributed by atoms with van der Waals surface area (Å²) in [6.45, 7) is 4.21. The summed E-state index contributed by atoms with van der Waals surface area (Å²) in [5.74, 6) is 0.886. The maximum atomic E-state index is 12.3. The van der Waals surface area contributed by atoms with E-state index < -0.39 is 0 Å². The van der Waals surface area contributed by atoms with Crippen molar-refractivity contribution in [3.05, 3.63) is 0 Å². The van der Waals surface area contributed by atoms with Crippen molar-refractivity contribution in [3.8, 4) is 0 Å². The molecule has 0 aromatic rings. The Kier molecular flexibility index (Phi) is 5.01. The molecule has 5 nitrogen and oxygen atoms in total. The number of carbonyl (C=O) groups is 1. The second-order valence-electron chi connectivity index (χ2n) is 7.02. The Morgan fingerprint density at radius 1 is 1.10 bits per heavy atom. The van der Waals surface area contributed by atoms with Crippen LogP contribution < -0.4 is 5.32 Å². The van der Waals surface area contributed by atoms with Gasteiger partial charge in [-0.05, 0) is 38.0 Å². The molecular formula is C16H29N3O2. The summed E-state index contributed by atoms with van der Waals surface area (Å²) >= 11 is 0. The molecule has 3 fully saturated rings. The van der Waals surface area contributed by atoms with E-state index in [1.54, 1.807) is 0 Å². The molecule has 2 saturated heterocycles. The summed E-state index contributed by atoms with van der Waals surface area (Å²) in [7, 11) is 0. The fourth-order valence-corrected chi connectivity index (χ4v) is 4.22. The normalized spacial score (nSPS) is 31.2. The van der Waals surface area contributed by atoms with Crippen molar-refractivity contribution < 1.29 is 9.90 Å². The highest BCUT2D eigenvalue weighted by Gasteiger charge is 2.31. The van der Waals surface area contributed by atoms with Crippen LogP contribution in [0.5, 0.6) is 0 Å². The average Bonchev–Trinajstić information content (AvgIpc) is 3.20. The zero-order valence-corrected chi connectivity index (χ0v) is 13.0. The molecule has 2 amide bonds. The van der Waals surface area contributed by atoms with Crippen LogP contribution in [0.2, 0.25) is 0 Å². The lowest BCUT2D eigenvalue weighted by molar-refractivity contribution is 0.154. The van der Waals surface area contributed by atoms with Crippen LogP contribution in [0, 0.1) is 5.92 Å². The van der Waals surface area contributed by atoms with Crippen LogP contribution in [-0.2, 0) is 0 Å². The largest absolute Gasteiger partial charge is 0.394 e. The SMILES string of the molecule is O=C(NC1CCN(CC2CCCC2)C1)N1CCC[C@@H]1CO. The summed E-state index contributed by atoms with van der Waals surface area (Å²) in [6.07, 6.45) is 8.58. The monoisotopic (exact) mass is 295 g/mol. The van der Waals surface area contributed by atoms with Gasteiger partial charge in [0.1, 0.15) is 0 Å². The minimum atomic E-state index is 0.0271. The summed E-state index contributed by atoms with van der Waals surface area (Å²) in [5, 5.41) is 12.5. The van der Waals surface area contributed by atoms with Gasteiger partial charge >= 0.3 is 6.03 Å². The Bertz CT molecular complexity index is 357. The van der Waals surface area contributed by atoms with E-state index in [1.165, 1.54) is 32.2 Å². The topological polar surface area (TPSA) is 55.8 Å². The van der Waals surface area contributed by atoms with Gasteiger partial charge in [0.25, 0.3) is 0 Å². The van der Waals surface area contributed by atoms with Crippen molar-refractivity contribution in [1.29, 1.82) is 0 Å². The number of hydrogen-bond donors (Lipinski definition) is 2. The van der Waals surface area contributed by atoms with Crippen molar-refractivity contribution in [2.24, 2.45) is 5.92 Å². The zero-order chi connectivity index (χ0) is 14.7. The van der Waals surface area contributed by atoms with Gasteiger partial charge in [-0.25, -0.2) is 4.79 Å². The highest BCUT2D eigenvalue weighted by atomic mass is 16.3. The highest BCUT2D eigenvalue weighted by molar-refractivity contribution is 5.75. The third kappa shape index (κ3) is 3.69. The second kappa shape index (κ2) is 6.97. The third-order valence-electron chi connectivity index (χ3n) is 5.44. The van der Waals surface area contributed by atoms with Gasteiger partial charge in [-0.2, -0.15) is 0 Å². The van der Waals surface area contributed by atoms with Crippen molar-refractivity contribution in [2.45, 2.75) is 57.0 Å². The van der Waals surface area contributed by atoms with Crippen LogP contribution in [0.25, 0.3) is 0 Å². The molecule has 0 aromatic carbocycles. The quantitative estimate of drug-likeness (QED) is 0.825. The number of likely N-dealkylation sites (tertiary alicyclic amines) is 2. The molecule has 0 aromatic heterocycles.